The molecule has 3 aromatic rings. The van der Waals surface area contributed by atoms with Crippen molar-refractivity contribution in [2.24, 2.45) is 5.92 Å². The number of rotatable bonds is 6. The summed E-state index contributed by atoms with van der Waals surface area (Å²) in [5.41, 5.74) is 0. The Kier molecular flexibility index (Phi) is 5.29. The Morgan fingerprint density at radius 2 is 1.78 bits per heavy atom. The predicted octanol–water partition coefficient (Wildman–Crippen LogP) is 3.62. The largest absolute Gasteiger partial charge is 0.468 e. The van der Waals surface area contributed by atoms with Crippen LogP contribution in [0.5, 0.6) is 0 Å². The van der Waals surface area contributed by atoms with Crippen LogP contribution in [0.15, 0.2) is 70.2 Å². The molecule has 1 aliphatic heterocycles. The Labute approximate surface area is 160 Å². The van der Waals surface area contributed by atoms with Crippen molar-refractivity contribution in [3.8, 4) is 0 Å². The predicted molar refractivity (Wildman–Crippen MR) is 106 cm³/mol. The molecule has 0 amide bonds. The Balaban J connectivity index is 1.32. The molecule has 1 fully saturated rings. The molecule has 4 rings (SSSR count). The number of hydrogen-bond donors (Lipinski definition) is 1. The van der Waals surface area contributed by atoms with Crippen molar-refractivity contribution in [1.29, 1.82) is 0 Å². The van der Waals surface area contributed by atoms with E-state index in [2.05, 4.69) is 9.62 Å². The van der Waals surface area contributed by atoms with Crippen LogP contribution in [0, 0.1) is 5.92 Å². The Bertz CT molecular complexity index is 991. The van der Waals surface area contributed by atoms with Crippen LogP contribution < -0.4 is 4.72 Å². The Morgan fingerprint density at radius 1 is 1.00 bits per heavy atom. The second-order valence-electron chi connectivity index (χ2n) is 7.16. The highest BCUT2D eigenvalue weighted by molar-refractivity contribution is 7.89. The number of sulfonamides is 1. The topological polar surface area (TPSA) is 62.6 Å². The molecule has 0 bridgehead atoms. The Hall–Kier alpha value is -2.15. The molecule has 2 aromatic carbocycles. The van der Waals surface area contributed by atoms with Gasteiger partial charge >= 0.3 is 0 Å². The van der Waals surface area contributed by atoms with Gasteiger partial charge in [0.1, 0.15) is 5.76 Å². The van der Waals surface area contributed by atoms with E-state index in [1.807, 2.05) is 42.5 Å². The van der Waals surface area contributed by atoms with E-state index < -0.39 is 10.0 Å². The number of hydrogen-bond acceptors (Lipinski definition) is 4. The SMILES string of the molecule is O=S(=O)(NCC1CCN(Cc2ccco2)CC1)c1ccc2ccccc2c1. The van der Waals surface area contributed by atoms with Gasteiger partial charge in [-0.2, -0.15) is 0 Å². The van der Waals surface area contributed by atoms with E-state index in [-0.39, 0.29) is 0 Å². The summed E-state index contributed by atoms with van der Waals surface area (Å²) in [6.45, 7) is 3.23. The highest BCUT2D eigenvalue weighted by Gasteiger charge is 2.22. The first kappa shape index (κ1) is 18.2. The molecule has 0 aliphatic carbocycles. The summed E-state index contributed by atoms with van der Waals surface area (Å²) in [5, 5.41) is 1.98. The van der Waals surface area contributed by atoms with E-state index in [1.165, 1.54) is 0 Å². The number of piperidine rings is 1. The number of fused-ring (bicyclic) bond motifs is 1. The molecular weight excluding hydrogens is 360 g/mol. The third kappa shape index (κ3) is 4.40. The second kappa shape index (κ2) is 7.84. The lowest BCUT2D eigenvalue weighted by molar-refractivity contribution is 0.168. The summed E-state index contributed by atoms with van der Waals surface area (Å²) in [5.74, 6) is 1.35. The fourth-order valence-corrected chi connectivity index (χ4v) is 4.77. The first-order chi connectivity index (χ1) is 13.1. The molecule has 0 saturated carbocycles. The van der Waals surface area contributed by atoms with Crippen LogP contribution in [-0.4, -0.2) is 33.0 Å². The lowest BCUT2D eigenvalue weighted by atomic mass is 9.97. The van der Waals surface area contributed by atoms with Gasteiger partial charge in [-0.25, -0.2) is 13.1 Å². The fourth-order valence-electron chi connectivity index (χ4n) is 3.62. The molecule has 142 valence electrons. The molecule has 1 aromatic heterocycles. The first-order valence-electron chi connectivity index (χ1n) is 9.33. The smallest absolute Gasteiger partial charge is 0.240 e. The van der Waals surface area contributed by atoms with Gasteiger partial charge in [0.15, 0.2) is 0 Å². The molecule has 1 saturated heterocycles. The summed E-state index contributed by atoms with van der Waals surface area (Å²) < 4.78 is 33.5. The van der Waals surface area contributed by atoms with E-state index in [0.29, 0.717) is 17.4 Å². The highest BCUT2D eigenvalue weighted by Crippen LogP contribution is 2.21. The van der Waals surface area contributed by atoms with E-state index in [0.717, 1.165) is 49.0 Å². The maximum absolute atomic E-state index is 12.7. The number of nitrogens with zero attached hydrogens (tertiary/aromatic N) is 1. The van der Waals surface area contributed by atoms with Gasteiger partial charge in [0.25, 0.3) is 0 Å². The zero-order valence-corrected chi connectivity index (χ0v) is 16.0. The van der Waals surface area contributed by atoms with Crippen molar-refractivity contribution in [1.82, 2.24) is 9.62 Å². The first-order valence-corrected chi connectivity index (χ1v) is 10.8. The zero-order valence-electron chi connectivity index (χ0n) is 15.2. The van der Waals surface area contributed by atoms with Crippen molar-refractivity contribution in [2.45, 2.75) is 24.3 Å². The lowest BCUT2D eigenvalue weighted by Gasteiger charge is -2.31. The standard InChI is InChI=1S/C21H24N2O3S/c24-27(25,21-8-7-18-4-1-2-5-19(18)14-21)22-15-17-9-11-23(12-10-17)16-20-6-3-13-26-20/h1-8,13-14,17,22H,9-12,15-16H2. The minimum absolute atomic E-state index is 0.330. The van der Waals surface area contributed by atoms with Crippen LogP contribution in [0.3, 0.4) is 0 Å². The molecule has 27 heavy (non-hydrogen) atoms. The molecule has 0 spiro atoms. The normalized spacial score (nSPS) is 16.7. The van der Waals surface area contributed by atoms with Gasteiger partial charge in [-0.05, 0) is 66.9 Å². The van der Waals surface area contributed by atoms with Crippen molar-refractivity contribution >= 4 is 20.8 Å². The average molecular weight is 385 g/mol. The molecule has 6 heteroatoms. The monoisotopic (exact) mass is 384 g/mol. The van der Waals surface area contributed by atoms with Crippen LogP contribution in [0.25, 0.3) is 10.8 Å². The van der Waals surface area contributed by atoms with Gasteiger partial charge in [0.2, 0.25) is 10.0 Å². The summed E-state index contributed by atoms with van der Waals surface area (Å²) >= 11 is 0. The molecule has 1 N–H and O–H groups in total. The maximum atomic E-state index is 12.7. The quantitative estimate of drug-likeness (QED) is 0.705. The fraction of sp³-hybridized carbons (Fsp3) is 0.333. The van der Waals surface area contributed by atoms with Crippen molar-refractivity contribution < 1.29 is 12.8 Å². The zero-order chi connectivity index (χ0) is 18.7. The molecule has 0 radical (unpaired) electrons. The van der Waals surface area contributed by atoms with Gasteiger partial charge in [0.05, 0.1) is 17.7 Å². The van der Waals surface area contributed by atoms with Gasteiger partial charge in [0, 0.05) is 6.54 Å². The Morgan fingerprint density at radius 3 is 2.52 bits per heavy atom. The lowest BCUT2D eigenvalue weighted by Crippen LogP contribution is -2.38. The van der Waals surface area contributed by atoms with Crippen LogP contribution in [0.2, 0.25) is 0 Å². The minimum Gasteiger partial charge on any atom is -0.468 e. The summed E-state index contributed by atoms with van der Waals surface area (Å²) in [4.78, 5) is 2.68. The van der Waals surface area contributed by atoms with Crippen LogP contribution >= 0.6 is 0 Å². The molecule has 1 aliphatic rings. The third-order valence-corrected chi connectivity index (χ3v) is 6.68. The van der Waals surface area contributed by atoms with E-state index in [9.17, 15) is 8.42 Å². The molecule has 5 nitrogen and oxygen atoms in total. The number of nitrogens with one attached hydrogen (secondary N) is 1. The highest BCUT2D eigenvalue weighted by atomic mass is 32.2. The van der Waals surface area contributed by atoms with Crippen molar-refractivity contribution in [3.05, 3.63) is 66.6 Å². The van der Waals surface area contributed by atoms with Crippen LogP contribution in [-0.2, 0) is 16.6 Å². The van der Waals surface area contributed by atoms with Crippen molar-refractivity contribution in [3.63, 3.8) is 0 Å². The van der Waals surface area contributed by atoms with Crippen LogP contribution in [0.1, 0.15) is 18.6 Å². The summed E-state index contributed by atoms with van der Waals surface area (Å²) in [6.07, 6.45) is 3.67. The molecule has 0 unspecified atom stereocenters. The number of furan rings is 1. The average Bonchev–Trinajstić information content (AvgIpc) is 3.20. The van der Waals surface area contributed by atoms with E-state index in [1.54, 1.807) is 18.4 Å². The van der Waals surface area contributed by atoms with Gasteiger partial charge in [-0.15, -0.1) is 0 Å². The van der Waals surface area contributed by atoms with Crippen molar-refractivity contribution in [2.75, 3.05) is 19.6 Å². The maximum Gasteiger partial charge on any atom is 0.240 e. The van der Waals surface area contributed by atoms with E-state index >= 15 is 0 Å². The molecule has 0 atom stereocenters. The minimum atomic E-state index is -3.48. The van der Waals surface area contributed by atoms with Crippen LogP contribution in [0.4, 0.5) is 0 Å². The third-order valence-electron chi connectivity index (χ3n) is 5.26. The summed E-state index contributed by atoms with van der Waals surface area (Å²) in [6, 6.07) is 17.0. The van der Waals surface area contributed by atoms with Gasteiger partial charge in [-0.3, -0.25) is 4.90 Å². The summed E-state index contributed by atoms with van der Waals surface area (Å²) in [7, 11) is -3.48. The number of likely N-dealkylation sites (tertiary alicyclic amines) is 1. The van der Waals surface area contributed by atoms with Gasteiger partial charge in [-0.1, -0.05) is 30.3 Å². The van der Waals surface area contributed by atoms with E-state index in [4.69, 9.17) is 4.42 Å². The number of benzene rings is 2. The second-order valence-corrected chi connectivity index (χ2v) is 8.93. The van der Waals surface area contributed by atoms with Gasteiger partial charge < -0.3 is 4.42 Å². The molecule has 2 heterocycles. The molecular formula is C21H24N2O3S.